The Hall–Kier alpha value is -0.810. The first-order chi connectivity index (χ1) is 7.28. The second-order valence-corrected chi connectivity index (χ2v) is 5.39. The molecule has 5 nitrogen and oxygen atoms in total. The van der Waals surface area contributed by atoms with Crippen molar-refractivity contribution < 1.29 is 14.6 Å². The molecule has 0 spiro atoms. The van der Waals surface area contributed by atoms with E-state index in [1.807, 2.05) is 20.8 Å². The summed E-state index contributed by atoms with van der Waals surface area (Å²) in [5.41, 5.74) is 5.19. The monoisotopic (exact) mass is 230 g/mol. The summed E-state index contributed by atoms with van der Waals surface area (Å²) in [4.78, 5) is 11.5. The molecule has 0 saturated heterocycles. The van der Waals surface area contributed by atoms with Gasteiger partial charge in [-0.2, -0.15) is 0 Å². The highest BCUT2D eigenvalue weighted by molar-refractivity contribution is 5.68. The third kappa shape index (κ3) is 4.37. The van der Waals surface area contributed by atoms with Gasteiger partial charge in [-0.15, -0.1) is 0 Å². The molecule has 1 rings (SSSR count). The van der Waals surface area contributed by atoms with E-state index in [4.69, 9.17) is 10.5 Å². The third-order valence-electron chi connectivity index (χ3n) is 2.59. The average molecular weight is 230 g/mol. The third-order valence-corrected chi connectivity index (χ3v) is 2.59. The van der Waals surface area contributed by atoms with Crippen LogP contribution < -0.4 is 11.1 Å². The standard InChI is InChI=1S/C11H22N2O3/c1-11(2,3)16-10(15)13-7-4-5-8(12)9(14)6-7/h7-9,14H,4-6,12H2,1-3H3,(H,13,15). The van der Waals surface area contributed by atoms with Crippen LogP contribution in [0.3, 0.4) is 0 Å². The van der Waals surface area contributed by atoms with Gasteiger partial charge in [-0.3, -0.25) is 0 Å². The maximum Gasteiger partial charge on any atom is 0.407 e. The van der Waals surface area contributed by atoms with Gasteiger partial charge in [-0.25, -0.2) is 4.79 Å². The molecule has 94 valence electrons. The van der Waals surface area contributed by atoms with Gasteiger partial charge in [0.25, 0.3) is 0 Å². The second-order valence-electron chi connectivity index (χ2n) is 5.39. The van der Waals surface area contributed by atoms with Gasteiger partial charge < -0.3 is 20.9 Å². The molecule has 3 unspecified atom stereocenters. The molecule has 0 aromatic rings. The molecule has 1 saturated carbocycles. The number of carbonyl (C=O) groups is 1. The lowest BCUT2D eigenvalue weighted by Crippen LogP contribution is -2.48. The zero-order chi connectivity index (χ0) is 12.3. The van der Waals surface area contributed by atoms with Gasteiger partial charge in [0, 0.05) is 12.1 Å². The van der Waals surface area contributed by atoms with Crippen LogP contribution in [0.15, 0.2) is 0 Å². The van der Waals surface area contributed by atoms with Crippen LogP contribution in [0.4, 0.5) is 4.79 Å². The van der Waals surface area contributed by atoms with Crippen molar-refractivity contribution in [3.05, 3.63) is 0 Å². The van der Waals surface area contributed by atoms with Crippen LogP contribution in [0, 0.1) is 0 Å². The van der Waals surface area contributed by atoms with Crippen molar-refractivity contribution in [3.63, 3.8) is 0 Å². The Kier molecular flexibility index (Phi) is 4.15. The molecule has 1 aliphatic rings. The van der Waals surface area contributed by atoms with Gasteiger partial charge in [-0.05, 0) is 40.0 Å². The number of nitrogens with one attached hydrogen (secondary N) is 1. The Balaban J connectivity index is 2.35. The SMILES string of the molecule is CC(C)(C)OC(=O)NC1CCC(N)C(O)C1. The highest BCUT2D eigenvalue weighted by Crippen LogP contribution is 2.18. The fraction of sp³-hybridized carbons (Fsp3) is 0.909. The molecule has 1 amide bonds. The van der Waals surface area contributed by atoms with E-state index in [1.54, 1.807) is 0 Å². The Labute approximate surface area is 96.3 Å². The smallest absolute Gasteiger partial charge is 0.407 e. The maximum absolute atomic E-state index is 11.5. The van der Waals surface area contributed by atoms with Crippen molar-refractivity contribution in [2.24, 2.45) is 5.73 Å². The Bertz CT molecular complexity index is 250. The predicted molar refractivity (Wildman–Crippen MR) is 61.0 cm³/mol. The summed E-state index contributed by atoms with van der Waals surface area (Å²) in [6.07, 6.45) is 1.05. The zero-order valence-corrected chi connectivity index (χ0v) is 10.2. The molecule has 0 aliphatic heterocycles. The fourth-order valence-electron chi connectivity index (χ4n) is 1.78. The van der Waals surface area contributed by atoms with Crippen molar-refractivity contribution in [2.45, 2.75) is 63.8 Å². The summed E-state index contributed by atoms with van der Waals surface area (Å²) in [5.74, 6) is 0. The van der Waals surface area contributed by atoms with Crippen LogP contribution in [0.25, 0.3) is 0 Å². The number of aliphatic hydroxyl groups excluding tert-OH is 1. The fourth-order valence-corrected chi connectivity index (χ4v) is 1.78. The number of rotatable bonds is 1. The van der Waals surface area contributed by atoms with Gasteiger partial charge >= 0.3 is 6.09 Å². The first-order valence-electron chi connectivity index (χ1n) is 5.71. The minimum Gasteiger partial charge on any atom is -0.444 e. The maximum atomic E-state index is 11.5. The largest absolute Gasteiger partial charge is 0.444 e. The van der Waals surface area contributed by atoms with Gasteiger partial charge in [0.05, 0.1) is 6.10 Å². The van der Waals surface area contributed by atoms with Gasteiger partial charge in [0.2, 0.25) is 0 Å². The van der Waals surface area contributed by atoms with Crippen LogP contribution >= 0.6 is 0 Å². The minimum absolute atomic E-state index is 0.0374. The highest BCUT2D eigenvalue weighted by atomic mass is 16.6. The van der Waals surface area contributed by atoms with Gasteiger partial charge in [0.1, 0.15) is 5.60 Å². The molecular formula is C11H22N2O3. The lowest BCUT2D eigenvalue weighted by molar-refractivity contribution is 0.0429. The van der Waals surface area contributed by atoms with E-state index in [-0.39, 0.29) is 12.1 Å². The van der Waals surface area contributed by atoms with E-state index < -0.39 is 17.8 Å². The van der Waals surface area contributed by atoms with Gasteiger partial charge in [-0.1, -0.05) is 0 Å². The topological polar surface area (TPSA) is 84.6 Å². The number of carbonyl (C=O) groups excluding carboxylic acids is 1. The number of ether oxygens (including phenoxy) is 1. The highest BCUT2D eigenvalue weighted by Gasteiger charge is 2.28. The molecule has 4 N–H and O–H groups in total. The lowest BCUT2D eigenvalue weighted by Gasteiger charge is -2.31. The Morgan fingerprint density at radius 3 is 2.56 bits per heavy atom. The summed E-state index contributed by atoms with van der Waals surface area (Å²) < 4.78 is 5.14. The lowest BCUT2D eigenvalue weighted by atomic mass is 9.89. The number of aliphatic hydroxyl groups is 1. The van der Waals surface area contributed by atoms with Gasteiger partial charge in [0.15, 0.2) is 0 Å². The molecule has 3 atom stereocenters. The molecule has 0 aromatic carbocycles. The normalized spacial score (nSPS) is 30.9. The van der Waals surface area contributed by atoms with E-state index >= 15 is 0 Å². The van der Waals surface area contributed by atoms with E-state index in [0.29, 0.717) is 6.42 Å². The van der Waals surface area contributed by atoms with Crippen molar-refractivity contribution >= 4 is 6.09 Å². The van der Waals surface area contributed by atoms with Crippen LogP contribution in [-0.2, 0) is 4.74 Å². The minimum atomic E-state index is -0.534. The van der Waals surface area contributed by atoms with E-state index in [1.165, 1.54) is 0 Å². The molecule has 1 fully saturated rings. The van der Waals surface area contributed by atoms with E-state index in [0.717, 1.165) is 12.8 Å². The molecule has 5 heteroatoms. The Morgan fingerprint density at radius 2 is 2.06 bits per heavy atom. The molecule has 1 aliphatic carbocycles. The molecule has 0 bridgehead atoms. The summed E-state index contributed by atoms with van der Waals surface area (Å²) >= 11 is 0. The number of nitrogens with two attached hydrogens (primary N) is 1. The Morgan fingerprint density at radius 1 is 1.44 bits per heavy atom. The number of hydrogen-bond acceptors (Lipinski definition) is 4. The second kappa shape index (κ2) is 5.01. The summed E-state index contributed by atoms with van der Waals surface area (Å²) in [5, 5.41) is 12.3. The van der Waals surface area contributed by atoms with E-state index in [9.17, 15) is 9.90 Å². The number of amides is 1. The number of alkyl carbamates (subject to hydrolysis) is 1. The van der Waals surface area contributed by atoms with Crippen molar-refractivity contribution in [1.82, 2.24) is 5.32 Å². The van der Waals surface area contributed by atoms with E-state index in [2.05, 4.69) is 5.32 Å². The molecule has 0 radical (unpaired) electrons. The molecule has 16 heavy (non-hydrogen) atoms. The summed E-state index contributed by atoms with van der Waals surface area (Å²) in [7, 11) is 0. The van der Waals surface area contributed by atoms with Crippen molar-refractivity contribution in [3.8, 4) is 0 Å². The van der Waals surface area contributed by atoms with Crippen LogP contribution in [0.1, 0.15) is 40.0 Å². The summed E-state index contributed by atoms with van der Waals surface area (Å²) in [6.45, 7) is 5.45. The predicted octanol–water partition coefficient (Wildman–Crippen LogP) is 0.752. The number of hydrogen-bond donors (Lipinski definition) is 3. The van der Waals surface area contributed by atoms with Crippen LogP contribution in [-0.4, -0.2) is 35.0 Å². The molecular weight excluding hydrogens is 208 g/mol. The van der Waals surface area contributed by atoms with Crippen LogP contribution in [0.5, 0.6) is 0 Å². The van der Waals surface area contributed by atoms with Crippen molar-refractivity contribution in [1.29, 1.82) is 0 Å². The van der Waals surface area contributed by atoms with Crippen molar-refractivity contribution in [2.75, 3.05) is 0 Å². The average Bonchev–Trinajstić information content (AvgIpc) is 2.08. The van der Waals surface area contributed by atoms with Crippen LogP contribution in [0.2, 0.25) is 0 Å². The zero-order valence-electron chi connectivity index (χ0n) is 10.2. The summed E-state index contributed by atoms with van der Waals surface area (Å²) in [6, 6.07) is -0.207. The molecule has 0 aromatic heterocycles. The molecule has 0 heterocycles. The first-order valence-corrected chi connectivity index (χ1v) is 5.71. The first kappa shape index (κ1) is 13.3. The quantitative estimate of drug-likeness (QED) is 0.620.